The molecule has 174 valence electrons. The van der Waals surface area contributed by atoms with Crippen LogP contribution in [0.2, 0.25) is 0 Å². The fourth-order valence-corrected chi connectivity index (χ4v) is 5.01. The molecule has 9 nitrogen and oxygen atoms in total. The van der Waals surface area contributed by atoms with Gasteiger partial charge in [0.25, 0.3) is 0 Å². The zero-order valence-electron chi connectivity index (χ0n) is 18.5. The number of rotatable bonds is 7. The number of unbranched alkanes of at least 4 members (excludes halogenated alkanes) is 1. The maximum absolute atomic E-state index is 12.8. The third kappa shape index (κ3) is 4.84. The second-order valence-electron chi connectivity index (χ2n) is 9.02. The Morgan fingerprint density at radius 3 is 2.94 bits per heavy atom. The number of benzene rings is 1. The van der Waals surface area contributed by atoms with E-state index >= 15 is 0 Å². The maximum Gasteiger partial charge on any atom is 0.242 e. The molecule has 1 aromatic carbocycles. The Bertz CT molecular complexity index is 1060. The molecule has 0 spiro atoms. The molecule has 0 bridgehead atoms. The Morgan fingerprint density at radius 2 is 2.03 bits per heavy atom. The van der Waals surface area contributed by atoms with Gasteiger partial charge in [0.05, 0.1) is 17.5 Å². The second-order valence-corrected chi connectivity index (χ2v) is 9.02. The van der Waals surface area contributed by atoms with Crippen LogP contribution < -0.4 is 16.0 Å². The number of para-hydroxylation sites is 1. The standard InChI is InChI=1S/C24H29N5O4/c30-21(27-20-11-8-15-5-1-2-6-18(15)25-20)7-3-4-12-33-16-9-10-19-17(13-16)23(32)29-14-22(31)28-24(29)26-19/h1-2,5-6,8,11,16-17,19,24,26H,3-4,7,9-10,12-14H2,(H,28,31)(H,25,27,30). The summed E-state index contributed by atoms with van der Waals surface area (Å²) < 4.78 is 6.04. The van der Waals surface area contributed by atoms with Crippen LogP contribution in [0.3, 0.4) is 0 Å². The summed E-state index contributed by atoms with van der Waals surface area (Å²) >= 11 is 0. The van der Waals surface area contributed by atoms with E-state index in [0.29, 0.717) is 25.3 Å². The Balaban J connectivity index is 1.02. The third-order valence-electron chi connectivity index (χ3n) is 6.72. The molecule has 3 aliphatic rings. The highest BCUT2D eigenvalue weighted by Crippen LogP contribution is 2.32. The number of amides is 3. The molecular weight excluding hydrogens is 422 g/mol. The summed E-state index contributed by atoms with van der Waals surface area (Å²) in [6, 6.07) is 11.7. The molecule has 9 heteroatoms. The van der Waals surface area contributed by atoms with Gasteiger partial charge in [0, 0.05) is 24.5 Å². The van der Waals surface area contributed by atoms with Gasteiger partial charge in [0.15, 0.2) is 6.29 Å². The smallest absolute Gasteiger partial charge is 0.242 e. The largest absolute Gasteiger partial charge is 0.378 e. The van der Waals surface area contributed by atoms with Crippen molar-refractivity contribution in [1.82, 2.24) is 20.5 Å². The van der Waals surface area contributed by atoms with Crippen LogP contribution in [0.1, 0.15) is 38.5 Å². The van der Waals surface area contributed by atoms with Gasteiger partial charge in [-0.3, -0.25) is 24.6 Å². The lowest BCUT2D eigenvalue weighted by atomic mass is 9.80. The van der Waals surface area contributed by atoms with Gasteiger partial charge in [-0.1, -0.05) is 18.2 Å². The minimum Gasteiger partial charge on any atom is -0.378 e. The van der Waals surface area contributed by atoms with Gasteiger partial charge in [0.2, 0.25) is 17.7 Å². The van der Waals surface area contributed by atoms with E-state index in [1.165, 1.54) is 0 Å². The summed E-state index contributed by atoms with van der Waals surface area (Å²) in [5.41, 5.74) is 0.855. The number of aromatic nitrogens is 1. The van der Waals surface area contributed by atoms with Crippen LogP contribution in [0, 0.1) is 5.92 Å². The van der Waals surface area contributed by atoms with E-state index in [1.54, 1.807) is 4.90 Å². The highest BCUT2D eigenvalue weighted by atomic mass is 16.5. The molecular formula is C24H29N5O4. The summed E-state index contributed by atoms with van der Waals surface area (Å²) in [5, 5.41) is 10.1. The molecule has 2 saturated heterocycles. The van der Waals surface area contributed by atoms with Crippen molar-refractivity contribution < 1.29 is 19.1 Å². The predicted octanol–water partition coefficient (Wildman–Crippen LogP) is 1.74. The summed E-state index contributed by atoms with van der Waals surface area (Å²) in [5.74, 6) is 0.283. The molecule has 1 aromatic heterocycles. The van der Waals surface area contributed by atoms with E-state index in [4.69, 9.17) is 4.74 Å². The van der Waals surface area contributed by atoms with Gasteiger partial charge in [-0.2, -0.15) is 0 Å². The molecule has 2 aliphatic heterocycles. The number of hydrogen-bond donors (Lipinski definition) is 3. The van der Waals surface area contributed by atoms with E-state index in [0.717, 1.165) is 36.6 Å². The molecule has 4 unspecified atom stereocenters. The van der Waals surface area contributed by atoms with Gasteiger partial charge < -0.3 is 15.4 Å². The third-order valence-corrected chi connectivity index (χ3v) is 6.72. The number of carbonyl (C=O) groups is 3. The highest BCUT2D eigenvalue weighted by molar-refractivity contribution is 5.91. The summed E-state index contributed by atoms with van der Waals surface area (Å²) in [7, 11) is 0. The minimum atomic E-state index is -0.361. The molecule has 3 fully saturated rings. The highest BCUT2D eigenvalue weighted by Gasteiger charge is 2.47. The number of nitrogens with one attached hydrogen (secondary N) is 3. The lowest BCUT2D eigenvalue weighted by Gasteiger charge is -2.44. The summed E-state index contributed by atoms with van der Waals surface area (Å²) in [6.07, 6.45) is 3.99. The molecule has 3 heterocycles. The first-order valence-corrected chi connectivity index (χ1v) is 11.7. The average molecular weight is 452 g/mol. The summed E-state index contributed by atoms with van der Waals surface area (Å²) in [4.78, 5) is 42.7. The van der Waals surface area contributed by atoms with E-state index in [9.17, 15) is 14.4 Å². The van der Waals surface area contributed by atoms with E-state index in [2.05, 4.69) is 20.9 Å². The van der Waals surface area contributed by atoms with Crippen LogP contribution in [0.25, 0.3) is 10.9 Å². The molecule has 3 N–H and O–H groups in total. The first-order valence-electron chi connectivity index (χ1n) is 11.7. The van der Waals surface area contributed by atoms with Crippen LogP contribution in [0.5, 0.6) is 0 Å². The van der Waals surface area contributed by atoms with Gasteiger partial charge in [0.1, 0.15) is 12.4 Å². The SMILES string of the molecule is O=C(CCCCOC1CCC2NC3NC(=O)CN3C(=O)C2C1)Nc1ccc2ccccc2n1. The minimum absolute atomic E-state index is 0.0365. The molecule has 1 aliphatic carbocycles. The Morgan fingerprint density at radius 1 is 1.15 bits per heavy atom. The average Bonchev–Trinajstić information content (AvgIpc) is 3.19. The van der Waals surface area contributed by atoms with Crippen LogP contribution in [-0.2, 0) is 19.1 Å². The van der Waals surface area contributed by atoms with E-state index < -0.39 is 0 Å². The first-order chi connectivity index (χ1) is 16.1. The van der Waals surface area contributed by atoms with Crippen molar-refractivity contribution in [2.75, 3.05) is 18.5 Å². The summed E-state index contributed by atoms with van der Waals surface area (Å²) in [6.45, 7) is 0.694. The number of anilines is 1. The molecule has 2 aromatic rings. The second kappa shape index (κ2) is 9.44. The van der Waals surface area contributed by atoms with Gasteiger partial charge in [-0.05, 0) is 50.3 Å². The molecule has 5 rings (SSSR count). The lowest BCUT2D eigenvalue weighted by molar-refractivity contribution is -0.147. The predicted molar refractivity (Wildman–Crippen MR) is 122 cm³/mol. The van der Waals surface area contributed by atoms with Crippen molar-refractivity contribution in [3.63, 3.8) is 0 Å². The quantitative estimate of drug-likeness (QED) is 0.553. The van der Waals surface area contributed by atoms with Gasteiger partial charge >= 0.3 is 0 Å². The topological polar surface area (TPSA) is 113 Å². The molecule has 3 amide bonds. The Hall–Kier alpha value is -3.04. The van der Waals surface area contributed by atoms with Crippen molar-refractivity contribution in [2.45, 2.75) is 57.0 Å². The number of fused-ring (bicyclic) bond motifs is 3. The van der Waals surface area contributed by atoms with Crippen molar-refractivity contribution in [3.8, 4) is 0 Å². The van der Waals surface area contributed by atoms with Crippen molar-refractivity contribution >= 4 is 34.4 Å². The van der Waals surface area contributed by atoms with E-state index in [-0.39, 0.29) is 48.6 Å². The Kier molecular flexibility index (Phi) is 6.24. The molecule has 1 saturated carbocycles. The number of ether oxygens (including phenoxy) is 1. The van der Waals surface area contributed by atoms with Crippen molar-refractivity contribution in [3.05, 3.63) is 36.4 Å². The van der Waals surface area contributed by atoms with Crippen LogP contribution in [0.4, 0.5) is 5.82 Å². The van der Waals surface area contributed by atoms with Crippen molar-refractivity contribution in [1.29, 1.82) is 0 Å². The Labute approximate surface area is 192 Å². The van der Waals surface area contributed by atoms with E-state index in [1.807, 2.05) is 36.4 Å². The van der Waals surface area contributed by atoms with Crippen molar-refractivity contribution in [2.24, 2.45) is 5.92 Å². The molecule has 4 atom stereocenters. The van der Waals surface area contributed by atoms with Gasteiger partial charge in [-0.25, -0.2) is 4.98 Å². The monoisotopic (exact) mass is 451 g/mol. The number of hydrogen-bond acceptors (Lipinski definition) is 6. The first kappa shape index (κ1) is 21.8. The molecule has 0 radical (unpaired) electrons. The van der Waals surface area contributed by atoms with Crippen LogP contribution >= 0.6 is 0 Å². The molecule has 33 heavy (non-hydrogen) atoms. The fraction of sp³-hybridized carbons (Fsp3) is 0.500. The number of pyridine rings is 1. The maximum atomic E-state index is 12.8. The van der Waals surface area contributed by atoms with Crippen LogP contribution in [0.15, 0.2) is 36.4 Å². The zero-order valence-corrected chi connectivity index (χ0v) is 18.5. The van der Waals surface area contributed by atoms with Crippen LogP contribution in [-0.4, -0.2) is 59.2 Å². The number of nitrogens with zero attached hydrogens (tertiary/aromatic N) is 2. The number of carbonyl (C=O) groups excluding carboxylic acids is 3. The normalized spacial score (nSPS) is 26.6. The zero-order chi connectivity index (χ0) is 22.8. The van der Waals surface area contributed by atoms with Gasteiger partial charge in [-0.15, -0.1) is 0 Å². The lowest BCUT2D eigenvalue weighted by Crippen LogP contribution is -2.65. The fourth-order valence-electron chi connectivity index (χ4n) is 5.01.